The molecule has 4 nitrogen and oxygen atoms in total. The van der Waals surface area contributed by atoms with Gasteiger partial charge in [0.15, 0.2) is 5.41 Å². The smallest absolute Gasteiger partial charge is 0.324 e. The molecule has 0 aromatic heterocycles. The largest absolute Gasteiger partial charge is 0.465 e. The predicted octanol–water partition coefficient (Wildman–Crippen LogP) is 3.59. The van der Waals surface area contributed by atoms with Gasteiger partial charge in [0, 0.05) is 10.4 Å². The Bertz CT molecular complexity index is 576. The molecular weight excluding hydrogens is 348 g/mol. The Morgan fingerprint density at radius 3 is 2.36 bits per heavy atom. The van der Waals surface area contributed by atoms with E-state index < -0.39 is 17.4 Å². The van der Waals surface area contributed by atoms with Gasteiger partial charge in [0.2, 0.25) is 0 Å². The van der Waals surface area contributed by atoms with Gasteiger partial charge in [-0.1, -0.05) is 46.3 Å². The van der Waals surface area contributed by atoms with E-state index in [0.29, 0.717) is 6.42 Å². The second kappa shape index (κ2) is 7.09. The maximum atomic E-state index is 12.2. The molecular formula is C17H19BrO4. The Morgan fingerprint density at radius 1 is 1.23 bits per heavy atom. The summed E-state index contributed by atoms with van der Waals surface area (Å²) in [6.07, 6.45) is 4.23. The Morgan fingerprint density at radius 2 is 1.82 bits per heavy atom. The minimum absolute atomic E-state index is 0.183. The zero-order valence-corrected chi connectivity index (χ0v) is 14.3. The molecule has 0 bridgehead atoms. The van der Waals surface area contributed by atoms with E-state index in [9.17, 15) is 9.59 Å². The summed E-state index contributed by atoms with van der Waals surface area (Å²) < 4.78 is 11.1. The summed E-state index contributed by atoms with van der Waals surface area (Å²) in [4.78, 5) is 24.3. The number of hydrogen-bond donors (Lipinski definition) is 0. The van der Waals surface area contributed by atoms with Crippen molar-refractivity contribution in [3.63, 3.8) is 0 Å². The highest BCUT2D eigenvalue weighted by atomic mass is 79.9. The van der Waals surface area contributed by atoms with Gasteiger partial charge in [0.1, 0.15) is 0 Å². The molecule has 0 aliphatic heterocycles. The molecule has 1 fully saturated rings. The zero-order chi connectivity index (χ0) is 16.2. The lowest BCUT2D eigenvalue weighted by molar-refractivity contribution is -0.164. The SMILES string of the molecule is CCOC(=O)C1(C(=O)OCC)CC1C=Cc1ccccc1Br. The van der Waals surface area contributed by atoms with Gasteiger partial charge in [-0.15, -0.1) is 0 Å². The fourth-order valence-corrected chi connectivity index (χ4v) is 2.84. The summed E-state index contributed by atoms with van der Waals surface area (Å²) >= 11 is 3.47. The Labute approximate surface area is 138 Å². The van der Waals surface area contributed by atoms with Crippen LogP contribution in [-0.4, -0.2) is 25.2 Å². The van der Waals surface area contributed by atoms with Crippen LogP contribution in [0.5, 0.6) is 0 Å². The summed E-state index contributed by atoms with van der Waals surface area (Å²) in [5.74, 6) is -1.16. The van der Waals surface area contributed by atoms with Crippen molar-refractivity contribution in [2.45, 2.75) is 20.3 Å². The highest BCUT2D eigenvalue weighted by molar-refractivity contribution is 9.10. The summed E-state index contributed by atoms with van der Waals surface area (Å²) in [7, 11) is 0. The number of carbonyl (C=O) groups is 2. The normalized spacial score (nSPS) is 19.0. The van der Waals surface area contributed by atoms with E-state index in [2.05, 4.69) is 15.9 Å². The van der Waals surface area contributed by atoms with Crippen LogP contribution in [0.2, 0.25) is 0 Å². The average Bonchev–Trinajstić information content (AvgIpc) is 3.23. The quantitative estimate of drug-likeness (QED) is 0.570. The number of hydrogen-bond acceptors (Lipinski definition) is 4. The average molecular weight is 367 g/mol. The Hall–Kier alpha value is -1.62. The first kappa shape index (κ1) is 16.7. The third kappa shape index (κ3) is 3.24. The number of carbonyl (C=O) groups excluding carboxylic acids is 2. The Kier molecular flexibility index (Phi) is 5.40. The molecule has 1 saturated carbocycles. The minimum atomic E-state index is -1.16. The predicted molar refractivity (Wildman–Crippen MR) is 87.0 cm³/mol. The maximum Gasteiger partial charge on any atom is 0.324 e. The van der Waals surface area contributed by atoms with Crippen LogP contribution in [0, 0.1) is 11.3 Å². The van der Waals surface area contributed by atoms with Gasteiger partial charge >= 0.3 is 11.9 Å². The van der Waals surface area contributed by atoms with Crippen LogP contribution in [0.1, 0.15) is 25.8 Å². The molecule has 1 unspecified atom stereocenters. The molecule has 0 radical (unpaired) electrons. The first-order valence-electron chi connectivity index (χ1n) is 7.33. The molecule has 0 spiro atoms. The minimum Gasteiger partial charge on any atom is -0.465 e. The van der Waals surface area contributed by atoms with Crippen LogP contribution in [0.25, 0.3) is 6.08 Å². The molecule has 1 aliphatic rings. The standard InChI is InChI=1S/C17H19BrO4/c1-3-21-15(19)17(16(20)22-4-2)11-13(17)10-9-12-7-5-6-8-14(12)18/h5-10,13H,3-4,11H2,1-2H3. The Balaban J connectivity index is 2.17. The number of allylic oxidation sites excluding steroid dienone is 1. The highest BCUT2D eigenvalue weighted by Crippen LogP contribution is 2.55. The van der Waals surface area contributed by atoms with Crippen molar-refractivity contribution in [1.82, 2.24) is 0 Å². The molecule has 0 saturated heterocycles. The van der Waals surface area contributed by atoms with Crippen LogP contribution in [0.4, 0.5) is 0 Å². The molecule has 1 aromatic rings. The van der Waals surface area contributed by atoms with Gasteiger partial charge in [-0.05, 0) is 31.9 Å². The topological polar surface area (TPSA) is 52.6 Å². The maximum absolute atomic E-state index is 12.2. The lowest BCUT2D eigenvalue weighted by atomic mass is 10.0. The summed E-state index contributed by atoms with van der Waals surface area (Å²) in [5, 5.41) is 0. The van der Waals surface area contributed by atoms with Crippen LogP contribution in [-0.2, 0) is 19.1 Å². The van der Waals surface area contributed by atoms with Crippen molar-refractivity contribution in [1.29, 1.82) is 0 Å². The molecule has 0 N–H and O–H groups in total. The summed E-state index contributed by atoms with van der Waals surface area (Å²) in [6.45, 7) is 3.96. The van der Waals surface area contributed by atoms with E-state index in [1.54, 1.807) is 13.8 Å². The van der Waals surface area contributed by atoms with Crippen molar-refractivity contribution in [3.05, 3.63) is 40.4 Å². The molecule has 22 heavy (non-hydrogen) atoms. The van der Waals surface area contributed by atoms with E-state index in [1.807, 2.05) is 36.4 Å². The monoisotopic (exact) mass is 366 g/mol. The van der Waals surface area contributed by atoms with Crippen molar-refractivity contribution in [2.24, 2.45) is 11.3 Å². The van der Waals surface area contributed by atoms with Crippen molar-refractivity contribution in [2.75, 3.05) is 13.2 Å². The van der Waals surface area contributed by atoms with Crippen LogP contribution < -0.4 is 0 Å². The number of esters is 2. The van der Waals surface area contributed by atoms with Gasteiger partial charge in [-0.25, -0.2) is 0 Å². The fourth-order valence-electron chi connectivity index (χ4n) is 2.42. The number of halogens is 1. The molecule has 5 heteroatoms. The lowest BCUT2D eigenvalue weighted by Crippen LogP contribution is -2.31. The second-order valence-electron chi connectivity index (χ2n) is 5.10. The summed E-state index contributed by atoms with van der Waals surface area (Å²) in [5.41, 5.74) is -0.167. The second-order valence-corrected chi connectivity index (χ2v) is 5.96. The molecule has 2 rings (SSSR count). The third-order valence-electron chi connectivity index (χ3n) is 3.71. The van der Waals surface area contributed by atoms with Gasteiger partial charge in [0.05, 0.1) is 13.2 Å². The van der Waals surface area contributed by atoms with Gasteiger partial charge in [-0.2, -0.15) is 0 Å². The number of rotatable bonds is 6. The molecule has 1 atom stereocenters. The molecule has 1 aliphatic carbocycles. The zero-order valence-electron chi connectivity index (χ0n) is 12.7. The first-order chi connectivity index (χ1) is 10.6. The van der Waals surface area contributed by atoms with Crippen LogP contribution in [0.15, 0.2) is 34.8 Å². The van der Waals surface area contributed by atoms with Gasteiger partial charge in [0.25, 0.3) is 0 Å². The van der Waals surface area contributed by atoms with Crippen molar-refractivity contribution in [3.8, 4) is 0 Å². The summed E-state index contributed by atoms with van der Waals surface area (Å²) in [6, 6.07) is 7.76. The van der Waals surface area contributed by atoms with Crippen molar-refractivity contribution < 1.29 is 19.1 Å². The molecule has 0 amide bonds. The molecule has 0 heterocycles. The fraction of sp³-hybridized carbons (Fsp3) is 0.412. The van der Waals surface area contributed by atoms with Gasteiger partial charge < -0.3 is 9.47 Å². The number of benzene rings is 1. The van der Waals surface area contributed by atoms with Crippen LogP contribution >= 0.6 is 15.9 Å². The van der Waals surface area contributed by atoms with E-state index in [-0.39, 0.29) is 19.1 Å². The van der Waals surface area contributed by atoms with E-state index in [1.165, 1.54) is 0 Å². The number of ether oxygens (including phenoxy) is 2. The highest BCUT2D eigenvalue weighted by Gasteiger charge is 2.67. The van der Waals surface area contributed by atoms with E-state index in [0.717, 1.165) is 10.0 Å². The molecule has 1 aromatic carbocycles. The molecule has 118 valence electrons. The van der Waals surface area contributed by atoms with Gasteiger partial charge in [-0.3, -0.25) is 9.59 Å². The third-order valence-corrected chi connectivity index (χ3v) is 4.43. The lowest BCUT2D eigenvalue weighted by Gasteiger charge is -2.13. The van der Waals surface area contributed by atoms with Crippen LogP contribution in [0.3, 0.4) is 0 Å². The first-order valence-corrected chi connectivity index (χ1v) is 8.12. The van der Waals surface area contributed by atoms with E-state index in [4.69, 9.17) is 9.47 Å². The van der Waals surface area contributed by atoms with Crippen molar-refractivity contribution >= 4 is 33.9 Å². The van der Waals surface area contributed by atoms with E-state index >= 15 is 0 Å².